The molecule has 0 aliphatic carbocycles. The fraction of sp³-hybridized carbons (Fsp3) is 0.300. The average molecular weight is 324 g/mol. The Morgan fingerprint density at radius 3 is 2.25 bits per heavy atom. The van der Waals surface area contributed by atoms with Gasteiger partial charge in [-0.2, -0.15) is 0 Å². The Bertz CT molecular complexity index is 681. The normalized spacial score (nSPS) is 13.1. The molecule has 0 heterocycles. The van der Waals surface area contributed by atoms with Gasteiger partial charge in [-0.1, -0.05) is 44.2 Å². The molecule has 4 heteroatoms. The predicted molar refractivity (Wildman–Crippen MR) is 97.7 cm³/mol. The summed E-state index contributed by atoms with van der Waals surface area (Å²) in [7, 11) is 0. The fourth-order valence-electron chi connectivity index (χ4n) is 2.70. The summed E-state index contributed by atoms with van der Waals surface area (Å²) in [5.41, 5.74) is 7.97. The Morgan fingerprint density at radius 2 is 1.67 bits per heavy atom. The summed E-state index contributed by atoms with van der Waals surface area (Å²) < 4.78 is 0. The van der Waals surface area contributed by atoms with E-state index in [2.05, 4.69) is 5.32 Å². The van der Waals surface area contributed by atoms with E-state index in [9.17, 15) is 9.59 Å². The van der Waals surface area contributed by atoms with Gasteiger partial charge in [0.25, 0.3) is 0 Å². The second-order valence-electron chi connectivity index (χ2n) is 6.05. The number of ketones is 1. The van der Waals surface area contributed by atoms with Gasteiger partial charge in [0.05, 0.1) is 0 Å². The number of carbonyl (C=O) groups excluding carboxylic acids is 2. The standard InChI is InChI=1S/C20H24N2O2/c1-3-18(15-7-5-4-6-8-15)19(23)13-14(2)20(24)22-17-11-9-16(21)10-12-17/h4-12,14,18H,3,13,21H2,1-2H3,(H,22,24). The van der Waals surface area contributed by atoms with Crippen molar-refractivity contribution in [1.29, 1.82) is 0 Å². The number of nitrogen functional groups attached to an aromatic ring is 1. The van der Waals surface area contributed by atoms with Crippen LogP contribution in [0.15, 0.2) is 54.6 Å². The molecule has 0 aliphatic heterocycles. The monoisotopic (exact) mass is 324 g/mol. The van der Waals surface area contributed by atoms with Crippen molar-refractivity contribution in [2.45, 2.75) is 32.6 Å². The van der Waals surface area contributed by atoms with Crippen LogP contribution in [0.1, 0.15) is 38.2 Å². The predicted octanol–water partition coefficient (Wildman–Crippen LogP) is 4.00. The average Bonchev–Trinajstić information content (AvgIpc) is 2.58. The number of hydrogen-bond acceptors (Lipinski definition) is 3. The third kappa shape index (κ3) is 4.69. The van der Waals surface area contributed by atoms with Gasteiger partial charge < -0.3 is 11.1 Å². The second kappa shape index (κ2) is 8.29. The molecular formula is C20H24N2O2. The fourth-order valence-corrected chi connectivity index (χ4v) is 2.70. The van der Waals surface area contributed by atoms with Crippen molar-refractivity contribution in [2.24, 2.45) is 5.92 Å². The summed E-state index contributed by atoms with van der Waals surface area (Å²) in [5, 5.41) is 2.82. The first-order valence-electron chi connectivity index (χ1n) is 8.25. The van der Waals surface area contributed by atoms with Crippen molar-refractivity contribution in [2.75, 3.05) is 11.1 Å². The van der Waals surface area contributed by atoms with Gasteiger partial charge in [-0.25, -0.2) is 0 Å². The van der Waals surface area contributed by atoms with Gasteiger partial charge in [0, 0.05) is 29.6 Å². The zero-order valence-corrected chi connectivity index (χ0v) is 14.2. The molecule has 2 atom stereocenters. The Kier molecular flexibility index (Phi) is 6.13. The molecule has 2 rings (SSSR count). The lowest BCUT2D eigenvalue weighted by atomic mass is 9.87. The molecule has 1 amide bonds. The van der Waals surface area contributed by atoms with E-state index in [0.717, 1.165) is 12.0 Å². The molecule has 4 nitrogen and oxygen atoms in total. The van der Waals surface area contributed by atoms with Gasteiger partial charge in [0.15, 0.2) is 0 Å². The second-order valence-corrected chi connectivity index (χ2v) is 6.05. The quantitative estimate of drug-likeness (QED) is 0.756. The molecule has 0 radical (unpaired) electrons. The number of nitrogens with one attached hydrogen (secondary N) is 1. The van der Waals surface area contributed by atoms with Crippen molar-refractivity contribution in [3.63, 3.8) is 0 Å². The minimum absolute atomic E-state index is 0.101. The molecule has 0 aliphatic rings. The highest BCUT2D eigenvalue weighted by molar-refractivity contribution is 5.96. The van der Waals surface area contributed by atoms with Crippen LogP contribution in [0, 0.1) is 5.92 Å². The zero-order chi connectivity index (χ0) is 17.5. The number of anilines is 2. The van der Waals surface area contributed by atoms with Crippen molar-refractivity contribution < 1.29 is 9.59 Å². The van der Waals surface area contributed by atoms with Crippen LogP contribution < -0.4 is 11.1 Å². The zero-order valence-electron chi connectivity index (χ0n) is 14.2. The molecular weight excluding hydrogens is 300 g/mol. The van der Waals surface area contributed by atoms with Crippen molar-refractivity contribution in [3.8, 4) is 0 Å². The largest absolute Gasteiger partial charge is 0.399 e. The minimum atomic E-state index is -0.382. The molecule has 2 aromatic rings. The van der Waals surface area contributed by atoms with E-state index in [4.69, 9.17) is 5.73 Å². The highest BCUT2D eigenvalue weighted by atomic mass is 16.2. The summed E-state index contributed by atoms with van der Waals surface area (Å²) in [5.74, 6) is -0.592. The summed E-state index contributed by atoms with van der Waals surface area (Å²) in [4.78, 5) is 24.9. The first-order valence-corrected chi connectivity index (χ1v) is 8.25. The van der Waals surface area contributed by atoms with Gasteiger partial charge in [-0.05, 0) is 36.2 Å². The Balaban J connectivity index is 1.97. The number of nitrogens with two attached hydrogens (primary N) is 1. The van der Waals surface area contributed by atoms with Crippen LogP contribution >= 0.6 is 0 Å². The number of Topliss-reactive ketones (excluding diaryl/α,β-unsaturated/α-hetero) is 1. The van der Waals surface area contributed by atoms with Gasteiger partial charge in [0.1, 0.15) is 5.78 Å². The van der Waals surface area contributed by atoms with Gasteiger partial charge >= 0.3 is 0 Å². The summed E-state index contributed by atoms with van der Waals surface area (Å²) in [6.07, 6.45) is 0.962. The summed E-state index contributed by atoms with van der Waals surface area (Å²) in [6.45, 7) is 3.77. The van der Waals surface area contributed by atoms with E-state index in [-0.39, 0.29) is 29.9 Å². The molecule has 24 heavy (non-hydrogen) atoms. The highest BCUT2D eigenvalue weighted by Gasteiger charge is 2.23. The van der Waals surface area contributed by atoms with Crippen LogP contribution in [0.3, 0.4) is 0 Å². The molecule has 0 aromatic heterocycles. The molecule has 2 aromatic carbocycles. The molecule has 0 bridgehead atoms. The van der Waals surface area contributed by atoms with Crippen LogP contribution in [0.25, 0.3) is 0 Å². The van der Waals surface area contributed by atoms with E-state index in [1.165, 1.54) is 0 Å². The number of amides is 1. The number of hydrogen-bond donors (Lipinski definition) is 2. The SMILES string of the molecule is CCC(C(=O)CC(C)C(=O)Nc1ccc(N)cc1)c1ccccc1. The first-order chi connectivity index (χ1) is 11.5. The molecule has 2 unspecified atom stereocenters. The van der Waals surface area contributed by atoms with E-state index in [1.54, 1.807) is 31.2 Å². The number of benzene rings is 2. The lowest BCUT2D eigenvalue weighted by Gasteiger charge is -2.17. The van der Waals surface area contributed by atoms with E-state index >= 15 is 0 Å². The molecule has 0 fully saturated rings. The minimum Gasteiger partial charge on any atom is -0.399 e. The van der Waals surface area contributed by atoms with Crippen molar-refractivity contribution in [1.82, 2.24) is 0 Å². The molecule has 0 spiro atoms. The lowest BCUT2D eigenvalue weighted by molar-refractivity contribution is -0.126. The maximum atomic E-state index is 12.6. The van der Waals surface area contributed by atoms with Crippen molar-refractivity contribution >= 4 is 23.1 Å². The summed E-state index contributed by atoms with van der Waals surface area (Å²) >= 11 is 0. The van der Waals surface area contributed by atoms with Gasteiger partial charge in [-0.3, -0.25) is 9.59 Å². The van der Waals surface area contributed by atoms with E-state index in [0.29, 0.717) is 11.4 Å². The van der Waals surface area contributed by atoms with E-state index in [1.807, 2.05) is 37.3 Å². The third-order valence-corrected chi connectivity index (χ3v) is 4.13. The van der Waals surface area contributed by atoms with Crippen LogP contribution in [-0.4, -0.2) is 11.7 Å². The maximum absolute atomic E-state index is 12.6. The van der Waals surface area contributed by atoms with Crippen LogP contribution in [0.5, 0.6) is 0 Å². The van der Waals surface area contributed by atoms with Gasteiger partial charge in [0.2, 0.25) is 5.91 Å². The maximum Gasteiger partial charge on any atom is 0.227 e. The van der Waals surface area contributed by atoms with Crippen LogP contribution in [0.4, 0.5) is 11.4 Å². The third-order valence-electron chi connectivity index (χ3n) is 4.13. The Hall–Kier alpha value is -2.62. The molecule has 3 N–H and O–H groups in total. The Labute approximate surface area is 143 Å². The summed E-state index contributed by atoms with van der Waals surface area (Å²) in [6, 6.07) is 16.7. The van der Waals surface area contributed by atoms with Crippen LogP contribution in [0.2, 0.25) is 0 Å². The number of rotatable bonds is 7. The topological polar surface area (TPSA) is 72.2 Å². The van der Waals surface area contributed by atoms with Crippen molar-refractivity contribution in [3.05, 3.63) is 60.2 Å². The lowest BCUT2D eigenvalue weighted by Crippen LogP contribution is -2.25. The van der Waals surface area contributed by atoms with Crippen LogP contribution in [-0.2, 0) is 9.59 Å². The molecule has 0 saturated heterocycles. The van der Waals surface area contributed by atoms with Gasteiger partial charge in [-0.15, -0.1) is 0 Å². The smallest absolute Gasteiger partial charge is 0.227 e. The first kappa shape index (κ1) is 17.7. The highest BCUT2D eigenvalue weighted by Crippen LogP contribution is 2.24. The molecule has 0 saturated carbocycles. The Morgan fingerprint density at radius 1 is 1.04 bits per heavy atom. The van der Waals surface area contributed by atoms with E-state index < -0.39 is 0 Å². The molecule has 126 valence electrons. The number of carbonyl (C=O) groups is 2.